The molecule has 0 fully saturated rings. The fourth-order valence-corrected chi connectivity index (χ4v) is 2.43. The van der Waals surface area contributed by atoms with Crippen LogP contribution in [-0.4, -0.2) is 36.2 Å². The Morgan fingerprint density at radius 3 is 2.03 bits per heavy atom. The number of unbranched alkanes of at least 4 members (excludes halogenated alkanes) is 3. The summed E-state index contributed by atoms with van der Waals surface area (Å²) < 4.78 is 15.6. The predicted octanol–water partition coefficient (Wildman–Crippen LogP) is 3.50. The van der Waals surface area contributed by atoms with Crippen molar-refractivity contribution in [2.24, 2.45) is 0 Å². The smallest absolute Gasteiger partial charge is 0.304 e. The van der Waals surface area contributed by atoms with Crippen LogP contribution in [0.1, 0.15) is 59.3 Å². The average molecular weight is 402 g/mol. The highest BCUT2D eigenvalue weighted by atomic mass is 16.6. The van der Waals surface area contributed by atoms with Crippen LogP contribution in [-0.2, 0) is 28.6 Å². The molecule has 0 aromatic rings. The molecule has 0 saturated carbocycles. The SMILES string of the molecule is C=CCCCCC[C@@H](OC(C)=O)[C@H](CC#CC#C[C@H](C=C)OC(C)=O)OC(C)=O. The van der Waals surface area contributed by atoms with Crippen LogP contribution >= 0.6 is 0 Å². The summed E-state index contributed by atoms with van der Waals surface area (Å²) in [6.07, 6.45) is 5.66. The van der Waals surface area contributed by atoms with Gasteiger partial charge in [-0.05, 0) is 49.5 Å². The van der Waals surface area contributed by atoms with Gasteiger partial charge in [-0.15, -0.1) is 6.58 Å². The summed E-state index contributed by atoms with van der Waals surface area (Å²) in [7, 11) is 0. The van der Waals surface area contributed by atoms with Crippen LogP contribution in [0.5, 0.6) is 0 Å². The second-order valence-electron chi connectivity index (χ2n) is 6.26. The summed E-state index contributed by atoms with van der Waals surface area (Å²) in [5.41, 5.74) is 0. The maximum atomic E-state index is 11.5. The summed E-state index contributed by atoms with van der Waals surface area (Å²) in [4.78, 5) is 33.9. The third-order valence-corrected chi connectivity index (χ3v) is 3.62. The molecule has 6 nitrogen and oxygen atoms in total. The standard InChI is InChI=1S/C23H30O6/c1-6-8-9-10-13-16-22(28-19(4)25)23(29-20(5)26)17-14-11-12-15-21(7-2)27-18(3)24/h6-7,21-23H,1-2,8-10,13,16-17H2,3-5H3/t21-,22+,23-/m0/s1. The molecule has 0 bridgehead atoms. The topological polar surface area (TPSA) is 78.9 Å². The molecule has 6 heteroatoms. The van der Waals surface area contributed by atoms with Gasteiger partial charge in [0.1, 0.15) is 12.2 Å². The van der Waals surface area contributed by atoms with Crippen LogP contribution in [0.3, 0.4) is 0 Å². The summed E-state index contributed by atoms with van der Waals surface area (Å²) in [6.45, 7) is 11.1. The number of carbonyl (C=O) groups excluding carboxylic acids is 3. The van der Waals surface area contributed by atoms with E-state index in [4.69, 9.17) is 14.2 Å². The molecule has 0 saturated heterocycles. The van der Waals surface area contributed by atoms with E-state index in [-0.39, 0.29) is 6.42 Å². The molecule has 0 aromatic carbocycles. The van der Waals surface area contributed by atoms with Gasteiger partial charge >= 0.3 is 17.9 Å². The Balaban J connectivity index is 5.06. The van der Waals surface area contributed by atoms with E-state index in [1.54, 1.807) is 0 Å². The zero-order valence-electron chi connectivity index (χ0n) is 17.5. The Labute approximate surface area is 173 Å². The lowest BCUT2D eigenvalue weighted by Gasteiger charge is -2.25. The van der Waals surface area contributed by atoms with Gasteiger partial charge in [0.05, 0.1) is 6.42 Å². The van der Waals surface area contributed by atoms with Gasteiger partial charge in [-0.2, -0.15) is 0 Å². The van der Waals surface area contributed by atoms with E-state index in [0.717, 1.165) is 25.7 Å². The number of hydrogen-bond acceptors (Lipinski definition) is 6. The molecule has 0 rings (SSSR count). The van der Waals surface area contributed by atoms with Gasteiger partial charge in [-0.3, -0.25) is 14.4 Å². The molecule has 0 aliphatic heterocycles. The minimum atomic E-state index is -0.740. The number of ether oxygens (including phenoxy) is 3. The molecular formula is C23H30O6. The van der Waals surface area contributed by atoms with Gasteiger partial charge in [0.25, 0.3) is 0 Å². The molecule has 0 aliphatic carbocycles. The van der Waals surface area contributed by atoms with Crippen molar-refractivity contribution in [2.45, 2.75) is 77.6 Å². The molecular weight excluding hydrogens is 372 g/mol. The van der Waals surface area contributed by atoms with Gasteiger partial charge in [0.2, 0.25) is 0 Å². The molecule has 0 heterocycles. The summed E-state index contributed by atoms with van der Waals surface area (Å²) in [5, 5.41) is 0. The quantitative estimate of drug-likeness (QED) is 0.163. The van der Waals surface area contributed by atoms with E-state index in [0.29, 0.717) is 6.42 Å². The van der Waals surface area contributed by atoms with Crippen molar-refractivity contribution in [3.63, 3.8) is 0 Å². The molecule has 29 heavy (non-hydrogen) atoms. The van der Waals surface area contributed by atoms with Gasteiger partial charge in [-0.25, -0.2) is 0 Å². The average Bonchev–Trinajstić information content (AvgIpc) is 2.63. The Bertz CT molecular complexity index is 686. The van der Waals surface area contributed by atoms with E-state index in [2.05, 4.69) is 36.8 Å². The second kappa shape index (κ2) is 16.0. The molecule has 3 atom stereocenters. The summed E-state index contributed by atoms with van der Waals surface area (Å²) in [5.74, 6) is 9.27. The third-order valence-electron chi connectivity index (χ3n) is 3.62. The van der Waals surface area contributed by atoms with Gasteiger partial charge in [0.15, 0.2) is 6.10 Å². The Morgan fingerprint density at radius 1 is 0.862 bits per heavy atom. The fourth-order valence-electron chi connectivity index (χ4n) is 2.43. The molecule has 0 unspecified atom stereocenters. The van der Waals surface area contributed by atoms with E-state index in [1.807, 2.05) is 6.08 Å². The van der Waals surface area contributed by atoms with Gasteiger partial charge in [0, 0.05) is 20.8 Å². The van der Waals surface area contributed by atoms with Gasteiger partial charge in [-0.1, -0.05) is 25.0 Å². The van der Waals surface area contributed by atoms with Crippen LogP contribution in [0.25, 0.3) is 0 Å². The van der Waals surface area contributed by atoms with Crippen molar-refractivity contribution < 1.29 is 28.6 Å². The minimum Gasteiger partial charge on any atom is -0.459 e. The molecule has 0 amide bonds. The third kappa shape index (κ3) is 14.7. The molecule has 0 spiro atoms. The van der Waals surface area contributed by atoms with Crippen LogP contribution < -0.4 is 0 Å². The van der Waals surface area contributed by atoms with Crippen molar-refractivity contribution in [3.05, 3.63) is 25.3 Å². The summed E-state index contributed by atoms with van der Waals surface area (Å²) in [6, 6.07) is 0. The fraction of sp³-hybridized carbons (Fsp3) is 0.522. The predicted molar refractivity (Wildman–Crippen MR) is 110 cm³/mol. The van der Waals surface area contributed by atoms with Crippen molar-refractivity contribution >= 4 is 17.9 Å². The van der Waals surface area contributed by atoms with Crippen molar-refractivity contribution in [2.75, 3.05) is 0 Å². The number of rotatable bonds is 12. The van der Waals surface area contributed by atoms with Crippen molar-refractivity contribution in [1.29, 1.82) is 0 Å². The lowest BCUT2D eigenvalue weighted by Crippen LogP contribution is -2.34. The first kappa shape index (κ1) is 26.0. The monoisotopic (exact) mass is 402 g/mol. The Kier molecular flexibility index (Phi) is 14.4. The largest absolute Gasteiger partial charge is 0.459 e. The maximum Gasteiger partial charge on any atom is 0.304 e. The minimum absolute atomic E-state index is 0.158. The van der Waals surface area contributed by atoms with Crippen LogP contribution in [0.2, 0.25) is 0 Å². The summed E-state index contributed by atoms with van der Waals surface area (Å²) >= 11 is 0. The number of hydrogen-bond donors (Lipinski definition) is 0. The highest BCUT2D eigenvalue weighted by Crippen LogP contribution is 2.17. The molecule has 158 valence electrons. The lowest BCUT2D eigenvalue weighted by atomic mass is 10.0. The normalized spacial score (nSPS) is 12.5. The first-order valence-electron chi connectivity index (χ1n) is 9.53. The molecule has 0 N–H and O–H groups in total. The highest BCUT2D eigenvalue weighted by Gasteiger charge is 2.26. The first-order valence-corrected chi connectivity index (χ1v) is 9.53. The maximum absolute atomic E-state index is 11.5. The van der Waals surface area contributed by atoms with Gasteiger partial charge < -0.3 is 14.2 Å². The second-order valence-corrected chi connectivity index (χ2v) is 6.26. The molecule has 0 radical (unpaired) electrons. The van der Waals surface area contributed by atoms with E-state index in [1.165, 1.54) is 26.8 Å². The number of esters is 3. The lowest BCUT2D eigenvalue weighted by molar-refractivity contribution is -0.165. The number of carbonyl (C=O) groups is 3. The zero-order chi connectivity index (χ0) is 22.1. The molecule has 0 aromatic heterocycles. The van der Waals surface area contributed by atoms with Crippen LogP contribution in [0.4, 0.5) is 0 Å². The van der Waals surface area contributed by atoms with E-state index in [9.17, 15) is 14.4 Å². The molecule has 0 aliphatic rings. The van der Waals surface area contributed by atoms with Crippen molar-refractivity contribution in [3.8, 4) is 23.7 Å². The Morgan fingerprint density at radius 2 is 1.48 bits per heavy atom. The number of allylic oxidation sites excluding steroid dienone is 1. The Hall–Kier alpha value is -2.99. The van der Waals surface area contributed by atoms with Crippen molar-refractivity contribution in [1.82, 2.24) is 0 Å². The van der Waals surface area contributed by atoms with E-state index >= 15 is 0 Å². The van der Waals surface area contributed by atoms with Crippen LogP contribution in [0.15, 0.2) is 25.3 Å². The highest BCUT2D eigenvalue weighted by molar-refractivity contribution is 5.67. The van der Waals surface area contributed by atoms with E-state index < -0.39 is 36.2 Å². The zero-order valence-corrected chi connectivity index (χ0v) is 17.5. The van der Waals surface area contributed by atoms with Crippen LogP contribution in [0, 0.1) is 23.7 Å². The first-order chi connectivity index (χ1) is 13.8.